The number of rotatable bonds is 1. The fraction of sp³-hybridized carbons (Fsp3) is 0.294. The third-order valence-electron chi connectivity index (χ3n) is 4.11. The summed E-state index contributed by atoms with van der Waals surface area (Å²) in [5.74, 6) is 0. The molecule has 0 saturated heterocycles. The number of hydrogen-bond donors (Lipinski definition) is 1. The minimum absolute atomic E-state index is 0.0536. The van der Waals surface area contributed by atoms with Crippen molar-refractivity contribution in [3.63, 3.8) is 0 Å². The Hall–Kier alpha value is -2.00. The van der Waals surface area contributed by atoms with Gasteiger partial charge in [0.2, 0.25) is 0 Å². The lowest BCUT2D eigenvalue weighted by atomic mass is 9.83. The van der Waals surface area contributed by atoms with Gasteiger partial charge in [-0.15, -0.1) is 0 Å². The zero-order chi connectivity index (χ0) is 13.4. The van der Waals surface area contributed by atoms with E-state index in [0.717, 1.165) is 12.8 Å². The van der Waals surface area contributed by atoms with Crippen LogP contribution in [0.2, 0.25) is 0 Å². The lowest BCUT2D eigenvalue weighted by Crippen LogP contribution is -2.39. The number of fused-ring (bicyclic) bond motifs is 3. The highest BCUT2D eigenvalue weighted by atomic mass is 16.5. The van der Waals surface area contributed by atoms with Crippen molar-refractivity contribution in [2.75, 3.05) is 0 Å². The van der Waals surface area contributed by atoms with E-state index in [0.29, 0.717) is 0 Å². The van der Waals surface area contributed by atoms with Crippen molar-refractivity contribution in [2.24, 2.45) is 0 Å². The molecule has 0 amide bonds. The Balaban J connectivity index is 1.62. The van der Waals surface area contributed by atoms with Crippen LogP contribution < -0.4 is 5.32 Å². The minimum Gasteiger partial charge on any atom is -0.493 e. The zero-order valence-electron chi connectivity index (χ0n) is 11.2. The highest BCUT2D eigenvalue weighted by Gasteiger charge is 2.36. The van der Waals surface area contributed by atoms with Crippen LogP contribution in [0.5, 0.6) is 0 Å². The molecule has 1 N–H and O–H groups in total. The molecule has 2 aliphatic heterocycles. The average Bonchev–Trinajstić information content (AvgIpc) is 2.55. The molecule has 3 aliphatic rings. The minimum atomic E-state index is -0.0536. The lowest BCUT2D eigenvalue weighted by Gasteiger charge is -2.39. The highest BCUT2D eigenvalue weighted by Crippen LogP contribution is 2.38. The van der Waals surface area contributed by atoms with Crippen molar-refractivity contribution in [2.45, 2.75) is 31.3 Å². The Morgan fingerprint density at radius 3 is 2.75 bits per heavy atom. The van der Waals surface area contributed by atoms with Gasteiger partial charge in [0.1, 0.15) is 6.10 Å². The summed E-state index contributed by atoms with van der Waals surface area (Å²) < 4.78 is 11.9. The zero-order valence-corrected chi connectivity index (χ0v) is 11.2. The molecular formula is C17H17NO2. The normalized spacial score (nSPS) is 31.1. The van der Waals surface area contributed by atoms with Gasteiger partial charge in [-0.1, -0.05) is 36.4 Å². The Morgan fingerprint density at radius 2 is 1.85 bits per heavy atom. The van der Waals surface area contributed by atoms with Gasteiger partial charge in [0.15, 0.2) is 6.23 Å². The smallest absolute Gasteiger partial charge is 0.154 e. The Kier molecular flexibility index (Phi) is 2.85. The largest absolute Gasteiger partial charge is 0.493 e. The second kappa shape index (κ2) is 4.84. The quantitative estimate of drug-likeness (QED) is 0.847. The van der Waals surface area contributed by atoms with E-state index in [1.54, 1.807) is 6.26 Å². The van der Waals surface area contributed by atoms with E-state index >= 15 is 0 Å². The Morgan fingerprint density at radius 1 is 1.00 bits per heavy atom. The molecular weight excluding hydrogens is 250 g/mol. The number of ether oxygens (including phenoxy) is 2. The van der Waals surface area contributed by atoms with E-state index in [2.05, 4.69) is 29.7 Å². The maximum absolute atomic E-state index is 6.23. The molecule has 1 aliphatic carbocycles. The van der Waals surface area contributed by atoms with Gasteiger partial charge in [-0.2, -0.15) is 0 Å². The summed E-state index contributed by atoms with van der Waals surface area (Å²) in [6, 6.07) is 10.3. The SMILES string of the molecule is C1=COC2CCC3OC(c4ccccc4)NC=C3C2=C1. The van der Waals surface area contributed by atoms with Crippen LogP contribution in [-0.4, -0.2) is 12.2 Å². The standard InChI is InChI=1S/C17H17NO2/c1-2-5-12(6-3-1)17-18-11-14-13-7-4-10-19-15(13)8-9-16(14)20-17/h1-7,10-11,15-18H,8-9H2. The van der Waals surface area contributed by atoms with E-state index in [1.165, 1.54) is 16.7 Å². The number of allylic oxidation sites excluding steroid dienone is 2. The molecule has 3 atom stereocenters. The van der Waals surface area contributed by atoms with E-state index in [1.807, 2.05) is 24.3 Å². The summed E-state index contributed by atoms with van der Waals surface area (Å²) in [6.07, 6.45) is 10.3. The topological polar surface area (TPSA) is 30.5 Å². The third kappa shape index (κ3) is 1.95. The van der Waals surface area contributed by atoms with Crippen LogP contribution in [0.3, 0.4) is 0 Å². The van der Waals surface area contributed by atoms with Gasteiger partial charge in [-0.05, 0) is 24.5 Å². The van der Waals surface area contributed by atoms with E-state index < -0.39 is 0 Å². The first-order valence-electron chi connectivity index (χ1n) is 7.11. The summed E-state index contributed by atoms with van der Waals surface area (Å²) in [5.41, 5.74) is 3.65. The summed E-state index contributed by atoms with van der Waals surface area (Å²) in [7, 11) is 0. The van der Waals surface area contributed by atoms with Gasteiger partial charge in [0, 0.05) is 17.3 Å². The summed E-state index contributed by atoms with van der Waals surface area (Å²) in [4.78, 5) is 0. The van der Waals surface area contributed by atoms with Crippen molar-refractivity contribution in [3.8, 4) is 0 Å². The fourth-order valence-corrected chi connectivity index (χ4v) is 3.10. The monoisotopic (exact) mass is 267 g/mol. The first-order valence-corrected chi connectivity index (χ1v) is 7.11. The second-order valence-electron chi connectivity index (χ2n) is 5.33. The van der Waals surface area contributed by atoms with Gasteiger partial charge in [-0.3, -0.25) is 0 Å². The molecule has 1 saturated carbocycles. The predicted molar refractivity (Wildman–Crippen MR) is 76.6 cm³/mol. The molecule has 1 fully saturated rings. The van der Waals surface area contributed by atoms with Gasteiger partial charge >= 0.3 is 0 Å². The van der Waals surface area contributed by atoms with Crippen molar-refractivity contribution < 1.29 is 9.47 Å². The molecule has 20 heavy (non-hydrogen) atoms. The van der Waals surface area contributed by atoms with Gasteiger partial charge in [0.25, 0.3) is 0 Å². The molecule has 0 radical (unpaired) electrons. The van der Waals surface area contributed by atoms with Crippen LogP contribution in [0.15, 0.2) is 66.1 Å². The summed E-state index contributed by atoms with van der Waals surface area (Å²) in [6.45, 7) is 0. The van der Waals surface area contributed by atoms with Crippen LogP contribution in [0, 0.1) is 0 Å². The molecule has 3 heteroatoms. The van der Waals surface area contributed by atoms with Gasteiger partial charge in [-0.25, -0.2) is 0 Å². The van der Waals surface area contributed by atoms with Crippen LogP contribution in [0.1, 0.15) is 24.6 Å². The van der Waals surface area contributed by atoms with Crippen molar-refractivity contribution >= 4 is 0 Å². The Bertz CT molecular complexity index is 588. The third-order valence-corrected chi connectivity index (χ3v) is 4.11. The molecule has 4 rings (SSSR count). The Labute approximate surface area is 118 Å². The molecule has 2 heterocycles. The van der Waals surface area contributed by atoms with E-state index in [9.17, 15) is 0 Å². The predicted octanol–water partition coefficient (Wildman–Crippen LogP) is 3.19. The number of nitrogens with one attached hydrogen (secondary N) is 1. The summed E-state index contributed by atoms with van der Waals surface area (Å²) in [5, 5.41) is 3.36. The van der Waals surface area contributed by atoms with Crippen molar-refractivity contribution in [1.29, 1.82) is 0 Å². The molecule has 0 aromatic heterocycles. The number of hydrogen-bond acceptors (Lipinski definition) is 3. The average molecular weight is 267 g/mol. The van der Waals surface area contributed by atoms with Crippen molar-refractivity contribution in [1.82, 2.24) is 5.32 Å². The summed E-state index contributed by atoms with van der Waals surface area (Å²) >= 11 is 0. The molecule has 102 valence electrons. The lowest BCUT2D eigenvalue weighted by molar-refractivity contribution is -0.0344. The fourth-order valence-electron chi connectivity index (χ4n) is 3.10. The van der Waals surface area contributed by atoms with E-state index in [-0.39, 0.29) is 18.4 Å². The molecule has 3 unspecified atom stereocenters. The van der Waals surface area contributed by atoms with Crippen LogP contribution >= 0.6 is 0 Å². The maximum atomic E-state index is 6.23. The van der Waals surface area contributed by atoms with Crippen LogP contribution in [0.4, 0.5) is 0 Å². The molecule has 1 aromatic carbocycles. The highest BCUT2D eigenvalue weighted by molar-refractivity contribution is 5.43. The second-order valence-corrected chi connectivity index (χ2v) is 5.33. The molecule has 3 nitrogen and oxygen atoms in total. The number of benzene rings is 1. The molecule has 0 spiro atoms. The first-order chi connectivity index (χ1) is 9.92. The van der Waals surface area contributed by atoms with Crippen LogP contribution in [0.25, 0.3) is 0 Å². The van der Waals surface area contributed by atoms with Crippen LogP contribution in [-0.2, 0) is 9.47 Å². The molecule has 1 aromatic rings. The molecule has 0 bridgehead atoms. The van der Waals surface area contributed by atoms with E-state index in [4.69, 9.17) is 9.47 Å². The van der Waals surface area contributed by atoms with Crippen molar-refractivity contribution in [3.05, 3.63) is 71.7 Å². The van der Waals surface area contributed by atoms with Gasteiger partial charge < -0.3 is 14.8 Å². The van der Waals surface area contributed by atoms with Gasteiger partial charge in [0.05, 0.1) is 12.4 Å². The first kappa shape index (κ1) is 11.8. The maximum Gasteiger partial charge on any atom is 0.154 e.